The maximum Gasteiger partial charge on any atom is 0.417 e. The van der Waals surface area contributed by atoms with Gasteiger partial charge in [0.1, 0.15) is 11.6 Å². The van der Waals surface area contributed by atoms with Crippen LogP contribution in [-0.4, -0.2) is 50.9 Å². The summed E-state index contributed by atoms with van der Waals surface area (Å²) < 4.78 is 48.2. The average Bonchev–Trinajstić information content (AvgIpc) is 2.59. The minimum absolute atomic E-state index is 0.0414. The summed E-state index contributed by atoms with van der Waals surface area (Å²) in [7, 11) is 1.64. The Kier molecular flexibility index (Phi) is 10.1. The summed E-state index contributed by atoms with van der Waals surface area (Å²) in [5.74, 6) is 0.567. The highest BCUT2D eigenvalue weighted by Gasteiger charge is 2.31. The third kappa shape index (κ3) is 8.57. The molecular weight excluding hydrogens is 373 g/mol. The van der Waals surface area contributed by atoms with Gasteiger partial charge in [-0.15, -0.1) is 0 Å². The molecule has 10 heteroatoms. The standard InChI is InChI=1S/C16H24ClF3N4O2/c1-3-25-8-5-4-6-22-15(21-2)23-7-9-26-14-13(17)10-12(11-24-14)16(18,19)20/h10-11H,3-9H2,1-2H3,(H2,21,22,23). The molecule has 0 saturated carbocycles. The van der Waals surface area contributed by atoms with Gasteiger partial charge in [0, 0.05) is 33.0 Å². The number of aliphatic imine (C=N–C) groups is 1. The van der Waals surface area contributed by atoms with Crippen LogP contribution in [0, 0.1) is 0 Å². The highest BCUT2D eigenvalue weighted by molar-refractivity contribution is 6.31. The summed E-state index contributed by atoms with van der Waals surface area (Å²) in [5.41, 5.74) is -0.915. The van der Waals surface area contributed by atoms with E-state index < -0.39 is 11.7 Å². The summed E-state index contributed by atoms with van der Waals surface area (Å²) in [4.78, 5) is 7.67. The molecule has 0 bridgehead atoms. The number of pyridine rings is 1. The normalized spacial score (nSPS) is 12.2. The van der Waals surface area contributed by atoms with Gasteiger partial charge in [0.15, 0.2) is 5.96 Å². The molecule has 1 heterocycles. The predicted octanol–water partition coefficient (Wildman–Crippen LogP) is 3.11. The first-order chi connectivity index (χ1) is 12.4. The summed E-state index contributed by atoms with van der Waals surface area (Å²) in [6, 6.07) is 0.792. The van der Waals surface area contributed by atoms with Gasteiger partial charge in [-0.1, -0.05) is 11.6 Å². The topological polar surface area (TPSA) is 67.8 Å². The molecule has 1 rings (SSSR count). The van der Waals surface area contributed by atoms with Gasteiger partial charge in [-0.3, -0.25) is 4.99 Å². The lowest BCUT2D eigenvalue weighted by atomic mass is 10.3. The van der Waals surface area contributed by atoms with E-state index in [0.717, 1.165) is 32.1 Å². The molecule has 6 nitrogen and oxygen atoms in total. The van der Waals surface area contributed by atoms with E-state index in [2.05, 4.69) is 20.6 Å². The Morgan fingerprint density at radius 2 is 1.96 bits per heavy atom. The quantitative estimate of drug-likeness (QED) is 0.361. The van der Waals surface area contributed by atoms with Crippen molar-refractivity contribution in [3.8, 4) is 5.88 Å². The van der Waals surface area contributed by atoms with Crippen molar-refractivity contribution in [1.82, 2.24) is 15.6 Å². The van der Waals surface area contributed by atoms with E-state index in [1.54, 1.807) is 7.05 Å². The second-order valence-electron chi connectivity index (χ2n) is 5.19. The van der Waals surface area contributed by atoms with Crippen LogP contribution in [0.15, 0.2) is 17.3 Å². The van der Waals surface area contributed by atoms with Crippen LogP contribution >= 0.6 is 11.6 Å². The van der Waals surface area contributed by atoms with Gasteiger partial charge in [0.05, 0.1) is 12.1 Å². The van der Waals surface area contributed by atoms with E-state index in [1.807, 2.05) is 6.92 Å². The van der Waals surface area contributed by atoms with Crippen LogP contribution in [0.5, 0.6) is 5.88 Å². The van der Waals surface area contributed by atoms with Crippen molar-refractivity contribution in [1.29, 1.82) is 0 Å². The van der Waals surface area contributed by atoms with Gasteiger partial charge >= 0.3 is 6.18 Å². The predicted molar refractivity (Wildman–Crippen MR) is 94.8 cm³/mol. The average molecular weight is 397 g/mol. The molecule has 1 aromatic rings. The second kappa shape index (κ2) is 11.8. The van der Waals surface area contributed by atoms with Crippen molar-refractivity contribution < 1.29 is 22.6 Å². The number of alkyl halides is 3. The van der Waals surface area contributed by atoms with Gasteiger partial charge in [-0.2, -0.15) is 13.2 Å². The maximum absolute atomic E-state index is 12.5. The van der Waals surface area contributed by atoms with Crippen LogP contribution in [0.1, 0.15) is 25.3 Å². The molecule has 0 radical (unpaired) electrons. The van der Waals surface area contributed by atoms with Crippen molar-refractivity contribution in [3.05, 3.63) is 22.8 Å². The maximum atomic E-state index is 12.5. The molecule has 0 aliphatic rings. The van der Waals surface area contributed by atoms with Gasteiger partial charge in [-0.05, 0) is 25.8 Å². The van der Waals surface area contributed by atoms with E-state index in [9.17, 15) is 13.2 Å². The van der Waals surface area contributed by atoms with E-state index in [0.29, 0.717) is 25.3 Å². The number of guanidine groups is 1. The number of halogens is 4. The molecule has 148 valence electrons. The number of nitrogens with one attached hydrogen (secondary N) is 2. The Bertz CT molecular complexity index is 571. The zero-order valence-electron chi connectivity index (χ0n) is 14.8. The fraction of sp³-hybridized carbons (Fsp3) is 0.625. The molecule has 0 aliphatic heterocycles. The first kappa shape index (κ1) is 22.3. The lowest BCUT2D eigenvalue weighted by Crippen LogP contribution is -2.39. The highest BCUT2D eigenvalue weighted by Crippen LogP contribution is 2.32. The number of rotatable bonds is 10. The molecule has 26 heavy (non-hydrogen) atoms. The molecule has 0 atom stereocenters. The van der Waals surface area contributed by atoms with Crippen LogP contribution in [0.3, 0.4) is 0 Å². The smallest absolute Gasteiger partial charge is 0.417 e. The van der Waals surface area contributed by atoms with Gasteiger partial charge < -0.3 is 20.1 Å². The van der Waals surface area contributed by atoms with E-state index >= 15 is 0 Å². The van der Waals surface area contributed by atoms with Gasteiger partial charge in [0.2, 0.25) is 5.88 Å². The Morgan fingerprint density at radius 3 is 2.58 bits per heavy atom. The highest BCUT2D eigenvalue weighted by atomic mass is 35.5. The Balaban J connectivity index is 2.28. The molecule has 0 aliphatic carbocycles. The van der Waals surface area contributed by atoms with E-state index in [1.165, 1.54) is 0 Å². The molecule has 2 N–H and O–H groups in total. The van der Waals surface area contributed by atoms with Crippen LogP contribution in [-0.2, 0) is 10.9 Å². The summed E-state index contributed by atoms with van der Waals surface area (Å²) >= 11 is 5.77. The molecular formula is C16H24ClF3N4O2. The third-order valence-electron chi connectivity index (χ3n) is 3.20. The van der Waals surface area contributed by atoms with E-state index in [-0.39, 0.29) is 17.5 Å². The molecule has 0 aromatic carbocycles. The number of unbranched alkanes of at least 4 members (excludes halogenated alkanes) is 1. The Morgan fingerprint density at radius 1 is 1.23 bits per heavy atom. The van der Waals surface area contributed by atoms with Crippen LogP contribution in [0.4, 0.5) is 13.2 Å². The van der Waals surface area contributed by atoms with Crippen molar-refractivity contribution in [2.45, 2.75) is 25.9 Å². The number of hydrogen-bond acceptors (Lipinski definition) is 4. The number of ether oxygens (including phenoxy) is 2. The lowest BCUT2D eigenvalue weighted by molar-refractivity contribution is -0.137. The molecule has 0 amide bonds. The van der Waals surface area contributed by atoms with Crippen molar-refractivity contribution in [2.24, 2.45) is 4.99 Å². The first-order valence-corrected chi connectivity index (χ1v) is 8.64. The monoisotopic (exact) mass is 396 g/mol. The summed E-state index contributed by atoms with van der Waals surface area (Å²) in [6.45, 7) is 4.72. The molecule has 0 spiro atoms. The Labute approximate surface area is 156 Å². The van der Waals surface area contributed by atoms with Gasteiger partial charge in [0.25, 0.3) is 0 Å². The van der Waals surface area contributed by atoms with Crippen molar-refractivity contribution >= 4 is 17.6 Å². The Hall–Kier alpha value is -1.74. The molecule has 0 saturated heterocycles. The summed E-state index contributed by atoms with van der Waals surface area (Å²) in [6.07, 6.45) is -1.89. The fourth-order valence-corrected chi connectivity index (χ4v) is 2.13. The molecule has 0 unspecified atom stereocenters. The molecule has 0 fully saturated rings. The molecule has 1 aromatic heterocycles. The zero-order chi connectivity index (χ0) is 19.4. The van der Waals surface area contributed by atoms with Crippen molar-refractivity contribution in [3.63, 3.8) is 0 Å². The number of nitrogens with zero attached hydrogens (tertiary/aromatic N) is 2. The van der Waals surface area contributed by atoms with Crippen molar-refractivity contribution in [2.75, 3.05) is 40.0 Å². The van der Waals surface area contributed by atoms with Crippen LogP contribution in [0.25, 0.3) is 0 Å². The largest absolute Gasteiger partial charge is 0.475 e. The van der Waals surface area contributed by atoms with Crippen LogP contribution < -0.4 is 15.4 Å². The fourth-order valence-electron chi connectivity index (χ4n) is 1.90. The minimum Gasteiger partial charge on any atom is -0.475 e. The van der Waals surface area contributed by atoms with Gasteiger partial charge in [-0.25, -0.2) is 4.98 Å². The second-order valence-corrected chi connectivity index (χ2v) is 5.59. The number of hydrogen-bond donors (Lipinski definition) is 2. The number of aromatic nitrogens is 1. The SMILES string of the molecule is CCOCCCCNC(=NC)NCCOc1ncc(C(F)(F)F)cc1Cl. The van der Waals surface area contributed by atoms with Crippen LogP contribution in [0.2, 0.25) is 5.02 Å². The first-order valence-electron chi connectivity index (χ1n) is 8.26. The minimum atomic E-state index is -4.49. The third-order valence-corrected chi connectivity index (χ3v) is 3.47. The zero-order valence-corrected chi connectivity index (χ0v) is 15.6. The summed E-state index contributed by atoms with van der Waals surface area (Å²) in [5, 5.41) is 5.99. The van der Waals surface area contributed by atoms with E-state index in [4.69, 9.17) is 21.1 Å². The lowest BCUT2D eigenvalue weighted by Gasteiger charge is -2.13.